The number of nitrogens with zero attached hydrogens (tertiary/aromatic N) is 2. The molecule has 0 aliphatic heterocycles. The first-order chi connectivity index (χ1) is 13.4. The lowest BCUT2D eigenvalue weighted by molar-refractivity contribution is -0.384. The molecule has 142 valence electrons. The van der Waals surface area contributed by atoms with Gasteiger partial charge in [-0.05, 0) is 36.2 Å². The summed E-state index contributed by atoms with van der Waals surface area (Å²) in [4.78, 5) is 22.0. The van der Waals surface area contributed by atoms with Crippen molar-refractivity contribution in [2.24, 2.45) is 5.10 Å². The molecule has 0 fully saturated rings. The van der Waals surface area contributed by atoms with Crippen LogP contribution >= 0.6 is 11.6 Å². The number of non-ortho nitro benzene ring substituents is 1. The van der Waals surface area contributed by atoms with Crippen molar-refractivity contribution >= 4 is 29.4 Å². The molecule has 0 saturated heterocycles. The van der Waals surface area contributed by atoms with Crippen LogP contribution in [0.4, 0.5) is 5.69 Å². The molecule has 1 N–H and O–H groups in total. The van der Waals surface area contributed by atoms with Crippen LogP contribution in [0.15, 0.2) is 64.1 Å². The van der Waals surface area contributed by atoms with Crippen LogP contribution in [-0.4, -0.2) is 17.0 Å². The molecule has 28 heavy (non-hydrogen) atoms. The van der Waals surface area contributed by atoms with E-state index in [1.54, 1.807) is 12.1 Å². The summed E-state index contributed by atoms with van der Waals surface area (Å²) >= 11 is 6.13. The molecule has 2 aromatic carbocycles. The molecule has 1 aromatic heterocycles. The maximum absolute atomic E-state index is 11.9. The van der Waals surface area contributed by atoms with Crippen LogP contribution < -0.4 is 5.43 Å². The normalized spacial score (nSPS) is 10.9. The van der Waals surface area contributed by atoms with Gasteiger partial charge in [0.1, 0.15) is 11.5 Å². The molecule has 8 heteroatoms. The lowest BCUT2D eigenvalue weighted by Gasteiger charge is -2.01. The fourth-order valence-corrected chi connectivity index (χ4v) is 2.63. The highest BCUT2D eigenvalue weighted by molar-refractivity contribution is 6.31. The average Bonchev–Trinajstić information content (AvgIpc) is 3.13. The minimum absolute atomic E-state index is 0.0225. The van der Waals surface area contributed by atoms with E-state index in [0.29, 0.717) is 22.1 Å². The number of carbonyl (C=O) groups is 1. The molecule has 0 aliphatic carbocycles. The van der Waals surface area contributed by atoms with Crippen molar-refractivity contribution in [1.29, 1.82) is 0 Å². The molecule has 7 nitrogen and oxygen atoms in total. The predicted molar refractivity (Wildman–Crippen MR) is 106 cm³/mol. The van der Waals surface area contributed by atoms with Gasteiger partial charge in [-0.2, -0.15) is 5.10 Å². The zero-order valence-corrected chi connectivity index (χ0v) is 15.6. The molecule has 1 amide bonds. The summed E-state index contributed by atoms with van der Waals surface area (Å²) < 4.78 is 5.68. The number of carbonyl (C=O) groups excluding carboxylic acids is 1. The Labute approximate surface area is 165 Å². The standard InChI is InChI=1S/C20H16ClN3O4/c1-13-2-5-15(11-18(13)21)19-9-8-17(28-19)12-22-23-20(25)10-14-3-6-16(7-4-14)24(26)27/h2-9,11-12H,10H2,1H3,(H,23,25)/b22-12-. The summed E-state index contributed by atoms with van der Waals surface area (Å²) in [5.74, 6) is 0.769. The molecule has 0 unspecified atom stereocenters. The van der Waals surface area contributed by atoms with E-state index in [1.165, 1.54) is 30.5 Å². The van der Waals surface area contributed by atoms with Crippen molar-refractivity contribution in [3.05, 3.63) is 86.6 Å². The number of nitrogens with one attached hydrogen (secondary N) is 1. The molecule has 0 bridgehead atoms. The van der Waals surface area contributed by atoms with Gasteiger partial charge in [-0.3, -0.25) is 14.9 Å². The Kier molecular flexibility index (Phi) is 5.86. The quantitative estimate of drug-likeness (QED) is 0.376. The highest BCUT2D eigenvalue weighted by Gasteiger charge is 2.08. The van der Waals surface area contributed by atoms with E-state index in [9.17, 15) is 14.9 Å². The van der Waals surface area contributed by atoms with Crippen LogP contribution in [0.5, 0.6) is 0 Å². The summed E-state index contributed by atoms with van der Waals surface area (Å²) in [6.07, 6.45) is 1.45. The summed E-state index contributed by atoms with van der Waals surface area (Å²) in [5, 5.41) is 15.2. The maximum atomic E-state index is 11.9. The molecular formula is C20H16ClN3O4. The van der Waals surface area contributed by atoms with Gasteiger partial charge in [-0.15, -0.1) is 0 Å². The van der Waals surface area contributed by atoms with E-state index < -0.39 is 4.92 Å². The molecule has 0 radical (unpaired) electrons. The third kappa shape index (κ3) is 4.83. The molecule has 0 aliphatic rings. The first kappa shape index (κ1) is 19.3. The summed E-state index contributed by atoms with van der Waals surface area (Å²) in [5.41, 5.74) is 4.85. The zero-order chi connectivity index (χ0) is 20.1. The molecule has 0 atom stereocenters. The number of furan rings is 1. The summed E-state index contributed by atoms with van der Waals surface area (Å²) in [7, 11) is 0. The number of hydrogen-bond donors (Lipinski definition) is 1. The lowest BCUT2D eigenvalue weighted by Crippen LogP contribution is -2.19. The Morgan fingerprint density at radius 1 is 1.21 bits per heavy atom. The second kappa shape index (κ2) is 8.49. The summed E-state index contributed by atoms with van der Waals surface area (Å²) in [6, 6.07) is 14.9. The number of hydrazone groups is 1. The Hall–Kier alpha value is -3.45. The van der Waals surface area contributed by atoms with Crippen LogP contribution in [-0.2, 0) is 11.2 Å². The predicted octanol–water partition coefficient (Wildman–Crippen LogP) is 4.51. The Morgan fingerprint density at radius 3 is 2.64 bits per heavy atom. The topological polar surface area (TPSA) is 97.7 Å². The van der Waals surface area contributed by atoms with E-state index in [0.717, 1.165) is 11.1 Å². The van der Waals surface area contributed by atoms with Gasteiger partial charge >= 0.3 is 0 Å². The molecule has 0 spiro atoms. The number of amides is 1. The van der Waals surface area contributed by atoms with Crippen molar-refractivity contribution < 1.29 is 14.1 Å². The van der Waals surface area contributed by atoms with Gasteiger partial charge in [0, 0.05) is 22.7 Å². The minimum Gasteiger partial charge on any atom is -0.455 e. The lowest BCUT2D eigenvalue weighted by atomic mass is 10.1. The third-order valence-electron chi connectivity index (χ3n) is 3.98. The van der Waals surface area contributed by atoms with E-state index in [-0.39, 0.29) is 18.0 Å². The Bertz CT molecular complexity index is 1040. The highest BCUT2D eigenvalue weighted by atomic mass is 35.5. The molecule has 3 rings (SSSR count). The maximum Gasteiger partial charge on any atom is 0.269 e. The number of halogens is 1. The van der Waals surface area contributed by atoms with Gasteiger partial charge in [0.25, 0.3) is 5.69 Å². The van der Waals surface area contributed by atoms with E-state index >= 15 is 0 Å². The van der Waals surface area contributed by atoms with E-state index in [4.69, 9.17) is 16.0 Å². The van der Waals surface area contributed by atoms with Crippen LogP contribution in [0, 0.1) is 17.0 Å². The van der Waals surface area contributed by atoms with Gasteiger partial charge in [0.05, 0.1) is 17.6 Å². The van der Waals surface area contributed by atoms with Crippen LogP contribution in [0.2, 0.25) is 5.02 Å². The number of rotatable bonds is 6. The fraction of sp³-hybridized carbons (Fsp3) is 0.100. The van der Waals surface area contributed by atoms with E-state index in [2.05, 4.69) is 10.5 Å². The highest BCUT2D eigenvalue weighted by Crippen LogP contribution is 2.26. The second-order valence-electron chi connectivity index (χ2n) is 6.06. The number of aryl methyl sites for hydroxylation is 1. The number of nitro benzene ring substituents is 1. The van der Waals surface area contributed by atoms with Crippen LogP contribution in [0.1, 0.15) is 16.9 Å². The summed E-state index contributed by atoms with van der Waals surface area (Å²) in [6.45, 7) is 1.92. The number of benzene rings is 2. The molecule has 0 saturated carbocycles. The van der Waals surface area contributed by atoms with Gasteiger partial charge in [0.15, 0.2) is 0 Å². The average molecular weight is 398 g/mol. The van der Waals surface area contributed by atoms with Crippen molar-refractivity contribution in [2.45, 2.75) is 13.3 Å². The first-order valence-corrected chi connectivity index (χ1v) is 8.72. The number of nitro groups is 1. The monoisotopic (exact) mass is 397 g/mol. The smallest absolute Gasteiger partial charge is 0.269 e. The zero-order valence-electron chi connectivity index (χ0n) is 14.9. The first-order valence-electron chi connectivity index (χ1n) is 8.34. The minimum atomic E-state index is -0.490. The van der Waals surface area contributed by atoms with Crippen LogP contribution in [0.25, 0.3) is 11.3 Å². The van der Waals surface area contributed by atoms with Crippen molar-refractivity contribution in [3.63, 3.8) is 0 Å². The third-order valence-corrected chi connectivity index (χ3v) is 4.38. The molecule has 1 heterocycles. The van der Waals surface area contributed by atoms with Crippen molar-refractivity contribution in [3.8, 4) is 11.3 Å². The fourth-order valence-electron chi connectivity index (χ4n) is 2.45. The van der Waals surface area contributed by atoms with Crippen molar-refractivity contribution in [1.82, 2.24) is 5.43 Å². The largest absolute Gasteiger partial charge is 0.455 e. The second-order valence-corrected chi connectivity index (χ2v) is 6.47. The Morgan fingerprint density at radius 2 is 1.96 bits per heavy atom. The Balaban J connectivity index is 1.57. The van der Waals surface area contributed by atoms with Crippen molar-refractivity contribution in [2.75, 3.05) is 0 Å². The number of hydrogen-bond acceptors (Lipinski definition) is 5. The molecular weight excluding hydrogens is 382 g/mol. The molecule has 3 aromatic rings. The van der Waals surface area contributed by atoms with E-state index in [1.807, 2.05) is 25.1 Å². The van der Waals surface area contributed by atoms with Crippen LogP contribution in [0.3, 0.4) is 0 Å². The van der Waals surface area contributed by atoms with Gasteiger partial charge < -0.3 is 4.42 Å². The SMILES string of the molecule is Cc1ccc(-c2ccc(/C=N\NC(=O)Cc3ccc([N+](=O)[O-])cc3)o2)cc1Cl. The van der Waals surface area contributed by atoms with Gasteiger partial charge in [-0.1, -0.05) is 35.9 Å². The van der Waals surface area contributed by atoms with Gasteiger partial charge in [0.2, 0.25) is 5.91 Å². The van der Waals surface area contributed by atoms with Gasteiger partial charge in [-0.25, -0.2) is 5.43 Å².